The normalized spacial score (nSPS) is 26.1. The van der Waals surface area contributed by atoms with Gasteiger partial charge >= 0.3 is 11.8 Å². The summed E-state index contributed by atoms with van der Waals surface area (Å²) in [6.07, 6.45) is 4.77. The summed E-state index contributed by atoms with van der Waals surface area (Å²) in [5.41, 5.74) is 1.85. The summed E-state index contributed by atoms with van der Waals surface area (Å²) in [5, 5.41) is 0. The molecule has 1 aliphatic heterocycles. The topological polar surface area (TPSA) is 80.2 Å². The Morgan fingerprint density at radius 2 is 1.70 bits per heavy atom. The minimum Gasteiger partial charge on any atom is -0.441 e. The fourth-order valence-corrected chi connectivity index (χ4v) is 5.25. The van der Waals surface area contributed by atoms with Gasteiger partial charge in [-0.2, -0.15) is 0 Å². The predicted molar refractivity (Wildman–Crippen MR) is 113 cm³/mol. The minimum absolute atomic E-state index is 0.0970. The number of aromatic amines is 1. The maximum atomic E-state index is 12.8. The average Bonchev–Trinajstić information content (AvgIpc) is 3.20. The molecule has 1 saturated heterocycles. The molecule has 1 aromatic carbocycles. The van der Waals surface area contributed by atoms with Crippen LogP contribution in [0.25, 0.3) is 11.2 Å². The number of H-pyrrole nitrogens is 1. The molecule has 0 radical (unpaired) electrons. The van der Waals surface area contributed by atoms with E-state index in [0.29, 0.717) is 5.65 Å². The van der Waals surface area contributed by atoms with Crippen molar-refractivity contribution < 1.29 is 9.53 Å². The van der Waals surface area contributed by atoms with Gasteiger partial charge in [0.2, 0.25) is 0 Å². The number of rotatable bonds is 3. The number of nitrogens with one attached hydrogen (secondary N) is 1. The van der Waals surface area contributed by atoms with Crippen LogP contribution in [-0.4, -0.2) is 37.2 Å². The van der Waals surface area contributed by atoms with Gasteiger partial charge in [-0.1, -0.05) is 30.3 Å². The number of ether oxygens (including phenoxy) is 1. The van der Waals surface area contributed by atoms with Crippen LogP contribution in [-0.2, 0) is 4.74 Å². The molecule has 156 valence electrons. The number of pyridine rings is 1. The Labute approximate surface area is 174 Å². The minimum atomic E-state index is -0.589. The van der Waals surface area contributed by atoms with Crippen molar-refractivity contribution in [1.29, 1.82) is 0 Å². The molecule has 2 fully saturated rings. The molecule has 3 heterocycles. The number of benzene rings is 1. The number of aromatic nitrogens is 3. The number of carbonyl (C=O) groups is 1. The quantitative estimate of drug-likeness (QED) is 0.708. The van der Waals surface area contributed by atoms with E-state index < -0.39 is 5.60 Å². The van der Waals surface area contributed by atoms with E-state index in [-0.39, 0.29) is 29.9 Å². The van der Waals surface area contributed by atoms with Gasteiger partial charge in [-0.25, -0.2) is 14.6 Å². The Bertz CT molecular complexity index is 1130. The molecule has 5 rings (SSSR count). The summed E-state index contributed by atoms with van der Waals surface area (Å²) < 4.78 is 7.61. The maximum Gasteiger partial charge on any atom is 0.411 e. The number of hydrogen-bond donors (Lipinski definition) is 1. The first-order chi connectivity index (χ1) is 14.5. The van der Waals surface area contributed by atoms with E-state index in [1.165, 1.54) is 0 Å². The summed E-state index contributed by atoms with van der Waals surface area (Å²) in [6, 6.07) is 14.0. The summed E-state index contributed by atoms with van der Waals surface area (Å²) in [4.78, 5) is 34.4. The van der Waals surface area contributed by atoms with Crippen molar-refractivity contribution in [3.8, 4) is 0 Å². The molecule has 30 heavy (non-hydrogen) atoms. The van der Waals surface area contributed by atoms with Gasteiger partial charge in [0.15, 0.2) is 5.65 Å². The standard InChI is InChI=1S/C23H26N4O3/c1-23(2)19(15-7-4-3-5-8-15)27(22(29)30-23)17-12-10-16(11-13-17)26-18-9-6-14-24-20(18)25-21(26)28/h3-9,14,16-17,19H,10-13H2,1-2H3,(H,24,25,28)/t16?,17?,19-/m1/s1. The molecule has 1 atom stereocenters. The first-order valence-corrected chi connectivity index (χ1v) is 10.6. The zero-order valence-electron chi connectivity index (χ0n) is 17.2. The number of imidazole rings is 1. The highest BCUT2D eigenvalue weighted by Gasteiger charge is 2.51. The largest absolute Gasteiger partial charge is 0.441 e. The van der Waals surface area contributed by atoms with Crippen molar-refractivity contribution in [3.05, 3.63) is 64.7 Å². The van der Waals surface area contributed by atoms with Crippen LogP contribution >= 0.6 is 0 Å². The Hall–Kier alpha value is -3.09. The second-order valence-corrected chi connectivity index (χ2v) is 8.83. The van der Waals surface area contributed by atoms with Crippen LogP contribution in [0.2, 0.25) is 0 Å². The van der Waals surface area contributed by atoms with Crippen molar-refractivity contribution >= 4 is 17.3 Å². The monoisotopic (exact) mass is 406 g/mol. The van der Waals surface area contributed by atoms with E-state index in [9.17, 15) is 9.59 Å². The van der Waals surface area contributed by atoms with Crippen LogP contribution in [0.5, 0.6) is 0 Å². The molecular weight excluding hydrogens is 380 g/mol. The van der Waals surface area contributed by atoms with Gasteiger partial charge in [0.05, 0.1) is 11.6 Å². The zero-order chi connectivity index (χ0) is 20.9. The number of hydrogen-bond acceptors (Lipinski definition) is 4. The van der Waals surface area contributed by atoms with Crippen molar-refractivity contribution in [1.82, 2.24) is 19.4 Å². The number of cyclic esters (lactones) is 1. The van der Waals surface area contributed by atoms with Gasteiger partial charge in [-0.3, -0.25) is 14.5 Å². The van der Waals surface area contributed by atoms with Gasteiger partial charge in [0.1, 0.15) is 5.60 Å². The molecule has 3 aromatic rings. The highest BCUT2D eigenvalue weighted by Crippen LogP contribution is 2.45. The molecule has 2 aliphatic rings. The lowest BCUT2D eigenvalue weighted by Crippen LogP contribution is -2.43. The molecular formula is C23H26N4O3. The Balaban J connectivity index is 1.40. The number of fused-ring (bicyclic) bond motifs is 1. The third-order valence-corrected chi connectivity index (χ3v) is 6.53. The van der Waals surface area contributed by atoms with E-state index in [1.54, 1.807) is 6.20 Å². The number of carbonyl (C=O) groups excluding carboxylic acids is 1. The van der Waals surface area contributed by atoms with Crippen LogP contribution in [0.4, 0.5) is 4.79 Å². The summed E-state index contributed by atoms with van der Waals surface area (Å²) >= 11 is 0. The van der Waals surface area contributed by atoms with Crippen LogP contribution < -0.4 is 5.69 Å². The van der Waals surface area contributed by atoms with Gasteiger partial charge in [-0.05, 0) is 57.2 Å². The average molecular weight is 406 g/mol. The Kier molecular flexibility index (Phi) is 4.41. The fraction of sp³-hybridized carbons (Fsp3) is 0.435. The predicted octanol–water partition coefficient (Wildman–Crippen LogP) is 4.18. The second kappa shape index (κ2) is 7.00. The van der Waals surface area contributed by atoms with E-state index in [4.69, 9.17) is 4.74 Å². The lowest BCUT2D eigenvalue weighted by molar-refractivity contribution is 0.0662. The van der Waals surface area contributed by atoms with Gasteiger partial charge in [-0.15, -0.1) is 0 Å². The van der Waals surface area contributed by atoms with E-state index in [1.807, 2.05) is 53.6 Å². The van der Waals surface area contributed by atoms with Crippen molar-refractivity contribution in [2.75, 3.05) is 0 Å². The molecule has 0 spiro atoms. The van der Waals surface area contributed by atoms with E-state index in [0.717, 1.165) is 36.8 Å². The van der Waals surface area contributed by atoms with Crippen LogP contribution in [0.3, 0.4) is 0 Å². The molecule has 7 nitrogen and oxygen atoms in total. The summed E-state index contributed by atoms with van der Waals surface area (Å²) in [5.74, 6) is 0. The second-order valence-electron chi connectivity index (χ2n) is 8.83. The van der Waals surface area contributed by atoms with E-state index >= 15 is 0 Å². The maximum absolute atomic E-state index is 12.8. The highest BCUT2D eigenvalue weighted by molar-refractivity contribution is 5.72. The van der Waals surface area contributed by atoms with Crippen molar-refractivity contribution in [2.24, 2.45) is 0 Å². The molecule has 1 N–H and O–H groups in total. The van der Waals surface area contributed by atoms with Gasteiger partial charge in [0.25, 0.3) is 0 Å². The van der Waals surface area contributed by atoms with Crippen molar-refractivity contribution in [3.63, 3.8) is 0 Å². The summed E-state index contributed by atoms with van der Waals surface area (Å²) in [6.45, 7) is 3.96. The van der Waals surface area contributed by atoms with Crippen LogP contribution in [0, 0.1) is 0 Å². The fourth-order valence-electron chi connectivity index (χ4n) is 5.25. The van der Waals surface area contributed by atoms with Gasteiger partial charge < -0.3 is 4.74 Å². The molecule has 1 amide bonds. The SMILES string of the molecule is CC1(C)OC(=O)N(C2CCC(n3c(=O)[nH]c4ncccc43)CC2)[C@@H]1c1ccccc1. The number of amides is 1. The van der Waals surface area contributed by atoms with Gasteiger partial charge in [0, 0.05) is 18.3 Å². The van der Waals surface area contributed by atoms with Crippen LogP contribution in [0.1, 0.15) is 57.2 Å². The molecule has 2 aromatic heterocycles. The third-order valence-electron chi connectivity index (χ3n) is 6.53. The highest BCUT2D eigenvalue weighted by atomic mass is 16.6. The zero-order valence-corrected chi connectivity index (χ0v) is 17.2. The summed E-state index contributed by atoms with van der Waals surface area (Å²) in [7, 11) is 0. The lowest BCUT2D eigenvalue weighted by Gasteiger charge is -2.38. The lowest BCUT2D eigenvalue weighted by atomic mass is 9.86. The molecule has 0 bridgehead atoms. The number of nitrogens with zero attached hydrogens (tertiary/aromatic N) is 3. The Morgan fingerprint density at radius 1 is 1.00 bits per heavy atom. The van der Waals surface area contributed by atoms with E-state index in [2.05, 4.69) is 22.1 Å². The molecule has 1 aliphatic carbocycles. The van der Waals surface area contributed by atoms with Crippen molar-refractivity contribution in [2.45, 2.75) is 63.3 Å². The van der Waals surface area contributed by atoms with Crippen LogP contribution in [0.15, 0.2) is 53.5 Å². The Morgan fingerprint density at radius 3 is 2.43 bits per heavy atom. The first-order valence-electron chi connectivity index (χ1n) is 10.6. The first kappa shape index (κ1) is 18.9. The molecule has 7 heteroatoms. The molecule has 0 unspecified atom stereocenters. The smallest absolute Gasteiger partial charge is 0.411 e. The third kappa shape index (κ3) is 3.00. The molecule has 1 saturated carbocycles.